The van der Waals surface area contributed by atoms with E-state index in [9.17, 15) is 9.59 Å². The molecule has 6 nitrogen and oxygen atoms in total. The van der Waals surface area contributed by atoms with E-state index in [1.54, 1.807) is 12.5 Å². The number of methoxy groups -OCH3 is 1. The number of aromatic nitrogens is 2. The van der Waals surface area contributed by atoms with Crippen LogP contribution in [0.25, 0.3) is 0 Å². The molecule has 1 aliphatic rings. The number of imidazole rings is 1. The number of hydrogen-bond donors (Lipinski definition) is 0. The first-order chi connectivity index (χ1) is 12.6. The van der Waals surface area contributed by atoms with Gasteiger partial charge < -0.3 is 14.0 Å². The van der Waals surface area contributed by atoms with Crippen LogP contribution in [0.3, 0.4) is 0 Å². The molecule has 0 radical (unpaired) electrons. The Morgan fingerprint density at radius 3 is 2.50 bits per heavy atom. The van der Waals surface area contributed by atoms with Crippen molar-refractivity contribution in [3.05, 3.63) is 54.1 Å². The van der Waals surface area contributed by atoms with E-state index in [2.05, 4.69) is 4.98 Å². The van der Waals surface area contributed by atoms with Gasteiger partial charge in [-0.3, -0.25) is 4.79 Å². The topological polar surface area (TPSA) is 70.4 Å². The number of hydrogen-bond acceptors (Lipinski definition) is 5. The summed E-state index contributed by atoms with van der Waals surface area (Å²) in [4.78, 5) is 28.4. The molecule has 1 saturated carbocycles. The first kappa shape index (κ1) is 18.2. The van der Waals surface area contributed by atoms with Crippen molar-refractivity contribution in [2.24, 2.45) is 5.92 Å². The zero-order valence-corrected chi connectivity index (χ0v) is 15.1. The minimum atomic E-state index is -0.369. The molecule has 0 spiro atoms. The monoisotopic (exact) mass is 356 g/mol. The van der Waals surface area contributed by atoms with Gasteiger partial charge in [0, 0.05) is 0 Å². The molecule has 2 aromatic rings. The van der Waals surface area contributed by atoms with Gasteiger partial charge in [-0.1, -0.05) is 30.3 Å². The van der Waals surface area contributed by atoms with Crippen molar-refractivity contribution in [3.63, 3.8) is 0 Å². The molecule has 0 amide bonds. The number of carbonyl (C=O) groups is 2. The third-order valence-corrected chi connectivity index (χ3v) is 5.06. The molecule has 0 aliphatic heterocycles. The first-order valence-corrected chi connectivity index (χ1v) is 8.95. The van der Waals surface area contributed by atoms with Gasteiger partial charge in [0.15, 0.2) is 0 Å². The summed E-state index contributed by atoms with van der Waals surface area (Å²) in [6, 6.07) is 9.93. The lowest BCUT2D eigenvalue weighted by molar-refractivity contribution is -0.147. The fourth-order valence-electron chi connectivity index (χ4n) is 3.46. The second kappa shape index (κ2) is 8.17. The van der Waals surface area contributed by atoms with Crippen LogP contribution in [0.1, 0.15) is 54.7 Å². The van der Waals surface area contributed by atoms with Crippen LogP contribution >= 0.6 is 0 Å². The number of carbonyl (C=O) groups excluding carboxylic acids is 2. The predicted molar refractivity (Wildman–Crippen MR) is 95.7 cm³/mol. The molecular formula is C20H24N2O4. The van der Waals surface area contributed by atoms with Crippen molar-refractivity contribution in [2.75, 3.05) is 7.11 Å². The van der Waals surface area contributed by atoms with Crippen LogP contribution in [0.2, 0.25) is 0 Å². The maximum atomic E-state index is 12.6. The SMILES string of the molecule is COC(=O)C1CCC(OC(=O)c2cncn2C(C)c2ccccc2)CC1. The second-order valence-corrected chi connectivity index (χ2v) is 6.67. The number of esters is 2. The maximum absolute atomic E-state index is 12.6. The summed E-state index contributed by atoms with van der Waals surface area (Å²) in [6.07, 6.45) is 5.75. The van der Waals surface area contributed by atoms with Crippen molar-refractivity contribution in [3.8, 4) is 0 Å². The van der Waals surface area contributed by atoms with E-state index in [4.69, 9.17) is 9.47 Å². The summed E-state index contributed by atoms with van der Waals surface area (Å²) in [5.41, 5.74) is 1.54. The van der Waals surface area contributed by atoms with Gasteiger partial charge in [0.2, 0.25) is 0 Å². The molecule has 0 N–H and O–H groups in total. The van der Waals surface area contributed by atoms with Crippen LogP contribution in [0.5, 0.6) is 0 Å². The average Bonchev–Trinajstić information content (AvgIpc) is 3.18. The Bertz CT molecular complexity index is 748. The molecule has 1 heterocycles. The van der Waals surface area contributed by atoms with Crippen molar-refractivity contribution in [2.45, 2.75) is 44.8 Å². The Balaban J connectivity index is 1.63. The molecule has 1 unspecified atom stereocenters. The number of ether oxygens (including phenoxy) is 2. The summed E-state index contributed by atoms with van der Waals surface area (Å²) in [5.74, 6) is -0.630. The third-order valence-electron chi connectivity index (χ3n) is 5.06. The van der Waals surface area contributed by atoms with Crippen molar-refractivity contribution in [1.29, 1.82) is 0 Å². The molecule has 3 rings (SSSR count). The Labute approximate surface area is 153 Å². The van der Waals surface area contributed by atoms with Gasteiger partial charge in [0.1, 0.15) is 11.8 Å². The summed E-state index contributed by atoms with van der Waals surface area (Å²) in [7, 11) is 1.41. The van der Waals surface area contributed by atoms with E-state index in [0.717, 1.165) is 5.56 Å². The highest BCUT2D eigenvalue weighted by atomic mass is 16.5. The van der Waals surface area contributed by atoms with Crippen molar-refractivity contribution < 1.29 is 19.1 Å². The zero-order valence-electron chi connectivity index (χ0n) is 15.1. The molecule has 138 valence electrons. The van der Waals surface area contributed by atoms with Crippen LogP contribution in [-0.2, 0) is 14.3 Å². The third kappa shape index (κ3) is 3.95. The van der Waals surface area contributed by atoms with Gasteiger partial charge in [0.05, 0.1) is 31.6 Å². The van der Waals surface area contributed by atoms with Gasteiger partial charge in [-0.05, 0) is 38.2 Å². The van der Waals surface area contributed by atoms with Crippen LogP contribution in [-0.4, -0.2) is 34.7 Å². The van der Waals surface area contributed by atoms with Gasteiger partial charge in [-0.2, -0.15) is 0 Å². The zero-order chi connectivity index (χ0) is 18.5. The molecule has 1 aromatic heterocycles. The minimum absolute atomic E-state index is 0.0173. The Morgan fingerprint density at radius 2 is 1.85 bits per heavy atom. The van der Waals surface area contributed by atoms with E-state index in [-0.39, 0.29) is 30.0 Å². The molecule has 0 saturated heterocycles. The van der Waals surface area contributed by atoms with Crippen molar-refractivity contribution >= 4 is 11.9 Å². The van der Waals surface area contributed by atoms with Crippen molar-refractivity contribution in [1.82, 2.24) is 9.55 Å². The Morgan fingerprint density at radius 1 is 1.15 bits per heavy atom. The van der Waals surface area contributed by atoms with Gasteiger partial charge in [-0.25, -0.2) is 9.78 Å². The van der Waals surface area contributed by atoms with Crippen LogP contribution in [0.4, 0.5) is 0 Å². The fourth-order valence-corrected chi connectivity index (χ4v) is 3.46. The molecular weight excluding hydrogens is 332 g/mol. The Hall–Kier alpha value is -2.63. The molecule has 26 heavy (non-hydrogen) atoms. The average molecular weight is 356 g/mol. The van der Waals surface area contributed by atoms with E-state index in [1.165, 1.54) is 7.11 Å². The number of rotatable bonds is 5. The smallest absolute Gasteiger partial charge is 0.356 e. The predicted octanol–water partition coefficient (Wildman–Crippen LogP) is 3.38. The van der Waals surface area contributed by atoms with Gasteiger partial charge in [0.25, 0.3) is 0 Å². The lowest BCUT2D eigenvalue weighted by Crippen LogP contribution is -2.29. The van der Waals surface area contributed by atoms with E-state index >= 15 is 0 Å². The van der Waals surface area contributed by atoms with Crippen LogP contribution in [0, 0.1) is 5.92 Å². The second-order valence-electron chi connectivity index (χ2n) is 6.67. The Kier molecular flexibility index (Phi) is 5.71. The summed E-state index contributed by atoms with van der Waals surface area (Å²) < 4.78 is 12.3. The molecule has 1 fully saturated rings. The molecule has 6 heteroatoms. The minimum Gasteiger partial charge on any atom is -0.469 e. The lowest BCUT2D eigenvalue weighted by Gasteiger charge is -2.27. The van der Waals surface area contributed by atoms with E-state index < -0.39 is 0 Å². The summed E-state index contributed by atoms with van der Waals surface area (Å²) in [6.45, 7) is 2.02. The van der Waals surface area contributed by atoms with E-state index in [0.29, 0.717) is 31.4 Å². The highest BCUT2D eigenvalue weighted by molar-refractivity contribution is 5.87. The summed E-state index contributed by atoms with van der Waals surface area (Å²) >= 11 is 0. The van der Waals surface area contributed by atoms with Gasteiger partial charge in [-0.15, -0.1) is 0 Å². The maximum Gasteiger partial charge on any atom is 0.356 e. The normalized spacial score (nSPS) is 21.0. The summed E-state index contributed by atoms with van der Waals surface area (Å²) in [5, 5.41) is 0. The van der Waals surface area contributed by atoms with E-state index in [1.807, 2.05) is 41.8 Å². The number of nitrogens with zero attached hydrogens (tertiary/aromatic N) is 2. The lowest BCUT2D eigenvalue weighted by atomic mass is 9.87. The number of benzene rings is 1. The molecule has 1 atom stereocenters. The van der Waals surface area contributed by atoms with Crippen LogP contribution in [0.15, 0.2) is 42.9 Å². The first-order valence-electron chi connectivity index (χ1n) is 8.95. The highest BCUT2D eigenvalue weighted by Crippen LogP contribution is 2.28. The molecule has 0 bridgehead atoms. The quantitative estimate of drug-likeness (QED) is 0.768. The van der Waals surface area contributed by atoms with Gasteiger partial charge >= 0.3 is 11.9 Å². The highest BCUT2D eigenvalue weighted by Gasteiger charge is 2.30. The van der Waals surface area contributed by atoms with Crippen LogP contribution < -0.4 is 0 Å². The standard InChI is InChI=1S/C20H24N2O4/c1-14(15-6-4-3-5-7-15)22-13-21-12-18(22)20(24)26-17-10-8-16(9-11-17)19(23)25-2/h3-7,12-14,16-17H,8-11H2,1-2H3. The molecule has 1 aliphatic carbocycles. The largest absolute Gasteiger partial charge is 0.469 e. The molecule has 1 aromatic carbocycles. The fraction of sp³-hybridized carbons (Fsp3) is 0.450.